The molecular weight excluding hydrogens is 440 g/mol. The summed E-state index contributed by atoms with van der Waals surface area (Å²) in [4.78, 5) is 35.3. The fraction of sp³-hybridized carbons (Fsp3) is 0.700. The standard InChI is InChI=1S/C30H44O5/c1-18(2)22-8-9-25-24(28(22,5)13-12-26(32)33)11-15-29(6)23(10-14-30(25,29)7)19(3)16-21(31)17-20(4)27(34)35/h9,17,19,22-24H,1,8,10-16H2,2-7H3,(H,32,33)(H,34,35). The topological polar surface area (TPSA) is 91.7 Å². The van der Waals surface area contributed by atoms with E-state index in [0.717, 1.165) is 37.7 Å². The second-order valence-corrected chi connectivity index (χ2v) is 12.5. The summed E-state index contributed by atoms with van der Waals surface area (Å²) in [6.07, 6.45) is 10.1. The molecule has 0 spiro atoms. The number of hydrogen-bond acceptors (Lipinski definition) is 3. The Balaban J connectivity index is 1.90. The molecule has 3 aliphatic rings. The van der Waals surface area contributed by atoms with Crippen molar-refractivity contribution in [2.45, 2.75) is 92.9 Å². The van der Waals surface area contributed by atoms with Crippen molar-refractivity contribution in [3.63, 3.8) is 0 Å². The Labute approximate surface area is 210 Å². The van der Waals surface area contributed by atoms with E-state index in [1.54, 1.807) is 0 Å². The first-order valence-corrected chi connectivity index (χ1v) is 13.2. The first kappa shape index (κ1) is 27.4. The molecule has 0 aromatic heterocycles. The molecule has 5 heteroatoms. The number of carbonyl (C=O) groups is 3. The SMILES string of the molecule is C=C(C)C1CC=C2C(CCC3(C)C(C(C)CC(=O)C=C(C)C(=O)O)CCC23C)C1(C)CCC(=O)O. The molecular formula is C30H44O5. The Morgan fingerprint density at radius 1 is 1.14 bits per heavy atom. The highest BCUT2D eigenvalue weighted by molar-refractivity contribution is 5.98. The van der Waals surface area contributed by atoms with Crippen LogP contribution in [0.5, 0.6) is 0 Å². The number of allylic oxidation sites excluding steroid dienone is 4. The molecule has 0 aromatic rings. The molecule has 5 nitrogen and oxygen atoms in total. The maximum absolute atomic E-state index is 12.6. The lowest BCUT2D eigenvalue weighted by molar-refractivity contribution is -0.138. The van der Waals surface area contributed by atoms with E-state index in [-0.39, 0.29) is 39.9 Å². The maximum Gasteiger partial charge on any atom is 0.331 e. The predicted octanol–water partition coefficient (Wildman–Crippen LogP) is 6.84. The molecule has 7 unspecified atom stereocenters. The second-order valence-electron chi connectivity index (χ2n) is 12.5. The number of carbonyl (C=O) groups excluding carboxylic acids is 1. The van der Waals surface area contributed by atoms with Crippen molar-refractivity contribution >= 4 is 17.7 Å². The monoisotopic (exact) mass is 484 g/mol. The zero-order valence-corrected chi connectivity index (χ0v) is 22.4. The molecule has 0 heterocycles. The lowest BCUT2D eigenvalue weighted by atomic mass is 9.44. The number of hydrogen-bond donors (Lipinski definition) is 2. The summed E-state index contributed by atoms with van der Waals surface area (Å²) in [6, 6.07) is 0. The van der Waals surface area contributed by atoms with Gasteiger partial charge in [0.05, 0.1) is 0 Å². The molecule has 0 saturated heterocycles. The van der Waals surface area contributed by atoms with E-state index < -0.39 is 11.9 Å². The van der Waals surface area contributed by atoms with E-state index in [1.807, 2.05) is 0 Å². The molecule has 0 bridgehead atoms. The molecule has 2 saturated carbocycles. The van der Waals surface area contributed by atoms with Crippen LogP contribution in [0.25, 0.3) is 0 Å². The summed E-state index contributed by atoms with van der Waals surface area (Å²) in [7, 11) is 0. The van der Waals surface area contributed by atoms with Crippen LogP contribution in [-0.4, -0.2) is 27.9 Å². The van der Waals surface area contributed by atoms with Crippen molar-refractivity contribution in [1.29, 1.82) is 0 Å². The molecule has 194 valence electrons. The van der Waals surface area contributed by atoms with Crippen LogP contribution in [0.1, 0.15) is 92.9 Å². The van der Waals surface area contributed by atoms with Crippen molar-refractivity contribution in [1.82, 2.24) is 0 Å². The highest BCUT2D eigenvalue weighted by atomic mass is 16.4. The minimum absolute atomic E-state index is 0.0231. The Bertz CT molecular complexity index is 973. The van der Waals surface area contributed by atoms with E-state index in [4.69, 9.17) is 5.11 Å². The number of carboxylic acids is 2. The number of fused-ring (bicyclic) bond motifs is 3. The Hall–Kier alpha value is -2.17. The molecule has 2 fully saturated rings. The third-order valence-corrected chi connectivity index (χ3v) is 10.6. The zero-order valence-electron chi connectivity index (χ0n) is 22.4. The Morgan fingerprint density at radius 3 is 2.37 bits per heavy atom. The lowest BCUT2D eigenvalue weighted by Crippen LogP contribution is -2.52. The highest BCUT2D eigenvalue weighted by Gasteiger charge is 2.63. The second kappa shape index (κ2) is 9.71. The number of aliphatic carboxylic acids is 2. The highest BCUT2D eigenvalue weighted by Crippen LogP contribution is 2.71. The van der Waals surface area contributed by atoms with Gasteiger partial charge >= 0.3 is 11.9 Å². The van der Waals surface area contributed by atoms with Crippen LogP contribution in [0, 0.1) is 39.9 Å². The van der Waals surface area contributed by atoms with Crippen molar-refractivity contribution < 1.29 is 24.6 Å². The van der Waals surface area contributed by atoms with Gasteiger partial charge < -0.3 is 10.2 Å². The fourth-order valence-corrected chi connectivity index (χ4v) is 8.41. The van der Waals surface area contributed by atoms with Crippen LogP contribution in [0.15, 0.2) is 35.5 Å². The van der Waals surface area contributed by atoms with Crippen molar-refractivity contribution in [2.75, 3.05) is 0 Å². The van der Waals surface area contributed by atoms with Gasteiger partial charge in [0.15, 0.2) is 5.78 Å². The summed E-state index contributed by atoms with van der Waals surface area (Å²) < 4.78 is 0. The average molecular weight is 485 g/mol. The van der Waals surface area contributed by atoms with E-state index in [1.165, 1.54) is 18.6 Å². The zero-order chi connectivity index (χ0) is 26.3. The van der Waals surface area contributed by atoms with Gasteiger partial charge in [-0.3, -0.25) is 9.59 Å². The van der Waals surface area contributed by atoms with Gasteiger partial charge in [0, 0.05) is 18.4 Å². The number of rotatable bonds is 9. The molecule has 35 heavy (non-hydrogen) atoms. The minimum Gasteiger partial charge on any atom is -0.481 e. The Morgan fingerprint density at radius 2 is 1.80 bits per heavy atom. The van der Waals surface area contributed by atoms with Crippen molar-refractivity contribution in [3.8, 4) is 0 Å². The fourth-order valence-electron chi connectivity index (χ4n) is 8.41. The largest absolute Gasteiger partial charge is 0.481 e. The molecule has 3 aliphatic carbocycles. The third-order valence-electron chi connectivity index (χ3n) is 10.6. The van der Waals surface area contributed by atoms with Gasteiger partial charge in [0.2, 0.25) is 0 Å². The molecule has 2 N–H and O–H groups in total. The molecule has 0 aromatic carbocycles. The lowest BCUT2D eigenvalue weighted by Gasteiger charge is -2.60. The quantitative estimate of drug-likeness (QED) is 0.276. The number of ketones is 1. The molecule has 0 aliphatic heterocycles. The van der Waals surface area contributed by atoms with Gasteiger partial charge in [-0.1, -0.05) is 51.5 Å². The van der Waals surface area contributed by atoms with Crippen LogP contribution in [0.3, 0.4) is 0 Å². The van der Waals surface area contributed by atoms with Gasteiger partial charge in [-0.2, -0.15) is 0 Å². The Kier molecular flexibility index (Phi) is 7.60. The minimum atomic E-state index is -1.05. The summed E-state index contributed by atoms with van der Waals surface area (Å²) in [5.41, 5.74) is 2.72. The molecule has 3 rings (SSSR count). The van der Waals surface area contributed by atoms with Crippen LogP contribution in [0.4, 0.5) is 0 Å². The summed E-state index contributed by atoms with van der Waals surface area (Å²) >= 11 is 0. The van der Waals surface area contributed by atoms with E-state index in [2.05, 4.69) is 47.3 Å². The smallest absolute Gasteiger partial charge is 0.331 e. The first-order valence-electron chi connectivity index (χ1n) is 13.2. The predicted molar refractivity (Wildman–Crippen MR) is 138 cm³/mol. The molecule has 7 atom stereocenters. The van der Waals surface area contributed by atoms with Gasteiger partial charge in [-0.25, -0.2) is 4.79 Å². The van der Waals surface area contributed by atoms with Gasteiger partial charge in [0.25, 0.3) is 0 Å². The maximum atomic E-state index is 12.6. The first-order chi connectivity index (χ1) is 16.2. The average Bonchev–Trinajstić information content (AvgIpc) is 3.03. The summed E-state index contributed by atoms with van der Waals surface area (Å²) in [6.45, 7) is 17.1. The van der Waals surface area contributed by atoms with Crippen molar-refractivity contribution in [2.24, 2.45) is 39.9 Å². The molecule has 0 amide bonds. The van der Waals surface area contributed by atoms with Crippen molar-refractivity contribution in [3.05, 3.63) is 35.5 Å². The van der Waals surface area contributed by atoms with E-state index in [9.17, 15) is 19.5 Å². The normalized spacial score (nSPS) is 37.6. The number of carboxylic acid groups (broad SMARTS) is 2. The summed E-state index contributed by atoms with van der Waals surface area (Å²) in [5.74, 6) is -0.677. The molecule has 0 radical (unpaired) electrons. The third kappa shape index (κ3) is 4.68. The van der Waals surface area contributed by atoms with E-state index >= 15 is 0 Å². The summed E-state index contributed by atoms with van der Waals surface area (Å²) in [5, 5.41) is 18.6. The van der Waals surface area contributed by atoms with Gasteiger partial charge in [-0.15, -0.1) is 0 Å². The van der Waals surface area contributed by atoms with Crippen LogP contribution >= 0.6 is 0 Å². The van der Waals surface area contributed by atoms with Gasteiger partial charge in [-0.05, 0) is 98.4 Å². The van der Waals surface area contributed by atoms with E-state index in [0.29, 0.717) is 30.6 Å². The van der Waals surface area contributed by atoms with Gasteiger partial charge in [0.1, 0.15) is 0 Å². The van der Waals surface area contributed by atoms with Crippen LogP contribution in [-0.2, 0) is 14.4 Å². The van der Waals surface area contributed by atoms with Crippen LogP contribution in [0.2, 0.25) is 0 Å². The van der Waals surface area contributed by atoms with Crippen LogP contribution < -0.4 is 0 Å².